The van der Waals surface area contributed by atoms with Gasteiger partial charge >= 0.3 is 0 Å². The quantitative estimate of drug-likeness (QED) is 0.499. The predicted molar refractivity (Wildman–Crippen MR) is 39.1 cm³/mol. The Labute approximate surface area is 56.3 Å². The second-order valence-corrected chi connectivity index (χ2v) is 3.08. The van der Waals surface area contributed by atoms with E-state index in [2.05, 4.69) is 19.6 Å². The summed E-state index contributed by atoms with van der Waals surface area (Å²) in [6.45, 7) is 6.11. The third-order valence-electron chi connectivity index (χ3n) is 2.40. The van der Waals surface area contributed by atoms with Crippen molar-refractivity contribution < 1.29 is 0 Å². The molecular weight excluding hydrogens is 108 g/mol. The molecular formula is C9H12. The molecule has 48 valence electrons. The molecule has 0 heteroatoms. The minimum absolute atomic E-state index is 0.829. The molecule has 2 aliphatic rings. The summed E-state index contributed by atoms with van der Waals surface area (Å²) in [5.41, 5.74) is 2.96. The molecule has 0 saturated heterocycles. The largest absolute Gasteiger partial charge is 0.0949 e. The van der Waals surface area contributed by atoms with Crippen molar-refractivity contribution in [1.29, 1.82) is 0 Å². The molecule has 2 saturated carbocycles. The van der Waals surface area contributed by atoms with Gasteiger partial charge in [-0.25, -0.2) is 0 Å². The summed E-state index contributed by atoms with van der Waals surface area (Å²) in [6.07, 6.45) is 5.10. The number of allylic oxidation sites excluding steroid dienone is 3. The maximum Gasteiger partial charge on any atom is 0.0114 e. The zero-order valence-corrected chi connectivity index (χ0v) is 5.85. The topological polar surface area (TPSA) is 0 Å². The van der Waals surface area contributed by atoms with Crippen molar-refractivity contribution in [2.75, 3.05) is 0 Å². The van der Waals surface area contributed by atoms with Gasteiger partial charge in [0.1, 0.15) is 0 Å². The monoisotopic (exact) mass is 120 g/mol. The van der Waals surface area contributed by atoms with E-state index >= 15 is 0 Å². The second-order valence-electron chi connectivity index (χ2n) is 3.08. The zero-order valence-electron chi connectivity index (χ0n) is 5.85. The summed E-state index contributed by atoms with van der Waals surface area (Å²) >= 11 is 0. The van der Waals surface area contributed by atoms with Crippen LogP contribution in [-0.4, -0.2) is 0 Å². The molecule has 9 heavy (non-hydrogen) atoms. The van der Waals surface area contributed by atoms with E-state index in [0.717, 1.165) is 11.8 Å². The molecule has 1 atom stereocenters. The zero-order chi connectivity index (χ0) is 6.43. The Morgan fingerprint density at radius 2 is 2.22 bits per heavy atom. The SMILES string of the molecule is C=C1C(=CC)C1C1CC1. The van der Waals surface area contributed by atoms with Gasteiger partial charge in [-0.1, -0.05) is 12.7 Å². The Balaban J connectivity index is 2.11. The van der Waals surface area contributed by atoms with Gasteiger partial charge in [-0.3, -0.25) is 0 Å². The smallest absolute Gasteiger partial charge is 0.0114 e. The molecule has 0 aliphatic heterocycles. The summed E-state index contributed by atoms with van der Waals surface area (Å²) in [7, 11) is 0. The van der Waals surface area contributed by atoms with Crippen LogP contribution < -0.4 is 0 Å². The molecule has 0 aromatic rings. The van der Waals surface area contributed by atoms with Crippen LogP contribution in [0, 0.1) is 11.8 Å². The van der Waals surface area contributed by atoms with Gasteiger partial charge in [-0.2, -0.15) is 0 Å². The average molecular weight is 120 g/mol. The van der Waals surface area contributed by atoms with E-state index in [1.807, 2.05) is 0 Å². The molecule has 0 amide bonds. The van der Waals surface area contributed by atoms with Gasteiger partial charge < -0.3 is 0 Å². The molecule has 2 fully saturated rings. The summed E-state index contributed by atoms with van der Waals surface area (Å²) in [6, 6.07) is 0. The number of hydrogen-bond donors (Lipinski definition) is 0. The lowest BCUT2D eigenvalue weighted by Crippen LogP contribution is -1.74. The third-order valence-corrected chi connectivity index (χ3v) is 2.40. The Morgan fingerprint density at radius 3 is 2.56 bits per heavy atom. The lowest BCUT2D eigenvalue weighted by atomic mass is 10.2. The maximum atomic E-state index is 3.99. The first-order chi connectivity index (χ1) is 4.34. The fourth-order valence-electron chi connectivity index (χ4n) is 1.64. The number of rotatable bonds is 1. The van der Waals surface area contributed by atoms with Crippen molar-refractivity contribution in [1.82, 2.24) is 0 Å². The highest BCUT2D eigenvalue weighted by molar-refractivity contribution is 5.54. The molecule has 0 nitrogen and oxygen atoms in total. The van der Waals surface area contributed by atoms with E-state index in [-0.39, 0.29) is 0 Å². The number of hydrogen-bond acceptors (Lipinski definition) is 0. The van der Waals surface area contributed by atoms with Crippen LogP contribution in [0.25, 0.3) is 0 Å². The summed E-state index contributed by atoms with van der Waals surface area (Å²) in [4.78, 5) is 0. The van der Waals surface area contributed by atoms with Crippen LogP contribution in [0.1, 0.15) is 19.8 Å². The summed E-state index contributed by atoms with van der Waals surface area (Å²) in [5.74, 6) is 1.83. The van der Waals surface area contributed by atoms with Gasteiger partial charge in [0.2, 0.25) is 0 Å². The van der Waals surface area contributed by atoms with Gasteiger partial charge in [-0.05, 0) is 36.8 Å². The van der Waals surface area contributed by atoms with Crippen molar-refractivity contribution in [3.63, 3.8) is 0 Å². The minimum atomic E-state index is 0.829. The Kier molecular flexibility index (Phi) is 0.879. The molecule has 0 aromatic carbocycles. The molecule has 0 spiro atoms. The molecule has 0 radical (unpaired) electrons. The third kappa shape index (κ3) is 0.658. The van der Waals surface area contributed by atoms with Crippen molar-refractivity contribution in [2.24, 2.45) is 11.8 Å². The molecule has 2 rings (SSSR count). The molecule has 0 N–H and O–H groups in total. The first-order valence-corrected chi connectivity index (χ1v) is 3.70. The fourth-order valence-corrected chi connectivity index (χ4v) is 1.64. The van der Waals surface area contributed by atoms with Crippen LogP contribution >= 0.6 is 0 Å². The van der Waals surface area contributed by atoms with Crippen LogP contribution in [0.2, 0.25) is 0 Å². The normalized spacial score (nSPS) is 37.7. The molecule has 0 aromatic heterocycles. The molecule has 0 heterocycles. The second kappa shape index (κ2) is 1.50. The lowest BCUT2D eigenvalue weighted by molar-refractivity contribution is 0.780. The molecule has 0 bridgehead atoms. The average Bonchev–Trinajstić information content (AvgIpc) is 2.61. The standard InChI is InChI=1S/C9H12/c1-3-8-6(2)9(8)7-4-5-7/h3,7,9H,2,4-5H2,1H3. The van der Waals surface area contributed by atoms with Gasteiger partial charge in [0, 0.05) is 5.92 Å². The van der Waals surface area contributed by atoms with Crippen molar-refractivity contribution in [3.05, 3.63) is 23.8 Å². The van der Waals surface area contributed by atoms with Crippen molar-refractivity contribution >= 4 is 0 Å². The van der Waals surface area contributed by atoms with Crippen molar-refractivity contribution in [3.8, 4) is 0 Å². The Hall–Kier alpha value is -0.520. The van der Waals surface area contributed by atoms with Crippen LogP contribution in [0.4, 0.5) is 0 Å². The van der Waals surface area contributed by atoms with Crippen LogP contribution in [0.3, 0.4) is 0 Å². The summed E-state index contributed by atoms with van der Waals surface area (Å²) < 4.78 is 0. The van der Waals surface area contributed by atoms with E-state index in [4.69, 9.17) is 0 Å². The van der Waals surface area contributed by atoms with Crippen LogP contribution in [0.5, 0.6) is 0 Å². The first kappa shape index (κ1) is 5.28. The molecule has 1 unspecified atom stereocenters. The minimum Gasteiger partial charge on any atom is -0.0949 e. The highest BCUT2D eigenvalue weighted by Gasteiger charge is 2.45. The molecule has 2 aliphatic carbocycles. The Bertz CT molecular complexity index is 182. The van der Waals surface area contributed by atoms with Crippen LogP contribution in [0.15, 0.2) is 23.8 Å². The first-order valence-electron chi connectivity index (χ1n) is 3.70. The maximum absolute atomic E-state index is 3.99. The van der Waals surface area contributed by atoms with Gasteiger partial charge in [0.15, 0.2) is 0 Å². The highest BCUT2D eigenvalue weighted by Crippen LogP contribution is 2.57. The van der Waals surface area contributed by atoms with Crippen molar-refractivity contribution in [2.45, 2.75) is 19.8 Å². The lowest BCUT2D eigenvalue weighted by Gasteiger charge is -1.79. The predicted octanol–water partition coefficient (Wildman–Crippen LogP) is 2.53. The van der Waals surface area contributed by atoms with E-state index in [1.54, 1.807) is 0 Å². The van der Waals surface area contributed by atoms with E-state index < -0.39 is 0 Å². The Morgan fingerprint density at radius 1 is 1.56 bits per heavy atom. The van der Waals surface area contributed by atoms with Gasteiger partial charge in [0.05, 0.1) is 0 Å². The fraction of sp³-hybridized carbons (Fsp3) is 0.556. The van der Waals surface area contributed by atoms with Crippen LogP contribution in [-0.2, 0) is 0 Å². The van der Waals surface area contributed by atoms with E-state index in [0.29, 0.717) is 0 Å². The van der Waals surface area contributed by atoms with E-state index in [9.17, 15) is 0 Å². The van der Waals surface area contributed by atoms with Gasteiger partial charge in [-0.15, -0.1) is 0 Å². The van der Waals surface area contributed by atoms with E-state index in [1.165, 1.54) is 24.0 Å². The van der Waals surface area contributed by atoms with Gasteiger partial charge in [0.25, 0.3) is 0 Å². The highest BCUT2D eigenvalue weighted by atomic mass is 14.5. The summed E-state index contributed by atoms with van der Waals surface area (Å²) in [5, 5.41) is 0.